The third kappa shape index (κ3) is 3.28. The van der Waals surface area contributed by atoms with Crippen LogP contribution in [0.2, 0.25) is 10.0 Å². The molecule has 0 bridgehead atoms. The van der Waals surface area contributed by atoms with Crippen LogP contribution in [0, 0.1) is 0 Å². The van der Waals surface area contributed by atoms with E-state index >= 15 is 0 Å². The quantitative estimate of drug-likeness (QED) is 0.656. The first-order valence-electron chi connectivity index (χ1n) is 7.91. The van der Waals surface area contributed by atoms with Gasteiger partial charge in [0, 0.05) is 5.56 Å². The fraction of sp³-hybridized carbons (Fsp3) is 0.158. The first-order valence-corrected chi connectivity index (χ1v) is 8.66. The van der Waals surface area contributed by atoms with Crippen LogP contribution in [0.1, 0.15) is 23.0 Å². The summed E-state index contributed by atoms with van der Waals surface area (Å²) in [5.41, 5.74) is 2.45. The first kappa shape index (κ1) is 18.3. The number of hydrogen-bond donors (Lipinski definition) is 1. The number of nitrogens with zero attached hydrogens (tertiary/aromatic N) is 2. The number of benzene rings is 2. The Morgan fingerprint density at radius 1 is 1.15 bits per heavy atom. The second kappa shape index (κ2) is 7.40. The Hall–Kier alpha value is -2.50. The highest BCUT2D eigenvalue weighted by Gasteiger charge is 2.24. The van der Waals surface area contributed by atoms with Crippen LogP contribution >= 0.6 is 23.2 Å². The molecule has 134 valence electrons. The lowest BCUT2D eigenvalue weighted by Gasteiger charge is -2.07. The van der Waals surface area contributed by atoms with Crippen LogP contribution in [0.15, 0.2) is 42.5 Å². The highest BCUT2D eigenvalue weighted by molar-refractivity contribution is 6.42. The molecule has 0 saturated heterocycles. The van der Waals surface area contributed by atoms with Crippen molar-refractivity contribution in [1.29, 1.82) is 0 Å². The van der Waals surface area contributed by atoms with Crippen LogP contribution in [0.25, 0.3) is 16.9 Å². The van der Waals surface area contributed by atoms with Gasteiger partial charge in [0.2, 0.25) is 0 Å². The molecule has 0 aliphatic rings. The molecule has 1 aromatic heterocycles. The molecule has 0 fully saturated rings. The van der Waals surface area contributed by atoms with Crippen molar-refractivity contribution < 1.29 is 14.6 Å². The number of hydrogen-bond acceptors (Lipinski definition) is 3. The Bertz CT molecular complexity index is 966. The zero-order chi connectivity index (χ0) is 18.8. The monoisotopic (exact) mass is 390 g/mol. The second-order valence-corrected chi connectivity index (χ2v) is 6.38. The topological polar surface area (TPSA) is 64.3 Å². The molecule has 0 aliphatic carbocycles. The molecule has 0 amide bonds. The van der Waals surface area contributed by atoms with E-state index in [-0.39, 0.29) is 5.56 Å². The lowest BCUT2D eigenvalue weighted by molar-refractivity contribution is 0.0696. The van der Waals surface area contributed by atoms with E-state index in [1.807, 2.05) is 19.1 Å². The minimum absolute atomic E-state index is 0.154. The molecule has 0 spiro atoms. The molecule has 0 saturated carbocycles. The Kier molecular flexibility index (Phi) is 5.20. The summed E-state index contributed by atoms with van der Waals surface area (Å²) in [6, 6.07) is 12.2. The number of carboxylic acids is 1. The van der Waals surface area contributed by atoms with Gasteiger partial charge in [0.15, 0.2) is 0 Å². The van der Waals surface area contributed by atoms with Gasteiger partial charge in [-0.2, -0.15) is 5.10 Å². The van der Waals surface area contributed by atoms with Gasteiger partial charge >= 0.3 is 5.97 Å². The lowest BCUT2D eigenvalue weighted by Crippen LogP contribution is -2.05. The number of carboxylic acid groups (broad SMARTS) is 1. The molecule has 0 radical (unpaired) electrons. The van der Waals surface area contributed by atoms with Crippen LogP contribution in [0.5, 0.6) is 5.75 Å². The third-order valence-electron chi connectivity index (χ3n) is 4.04. The van der Waals surface area contributed by atoms with Gasteiger partial charge in [0.05, 0.1) is 28.5 Å². The van der Waals surface area contributed by atoms with E-state index in [9.17, 15) is 9.90 Å². The molecular formula is C19H16Cl2N2O3. The van der Waals surface area contributed by atoms with Gasteiger partial charge in [-0.25, -0.2) is 9.48 Å². The van der Waals surface area contributed by atoms with Gasteiger partial charge in [0.25, 0.3) is 0 Å². The maximum Gasteiger partial charge on any atom is 0.339 e. The molecule has 0 unspecified atom stereocenters. The summed E-state index contributed by atoms with van der Waals surface area (Å²) in [7, 11) is 1.59. The first-order chi connectivity index (χ1) is 12.5. The Morgan fingerprint density at radius 3 is 2.38 bits per heavy atom. The van der Waals surface area contributed by atoms with Crippen molar-refractivity contribution in [2.24, 2.45) is 0 Å². The van der Waals surface area contributed by atoms with Gasteiger partial charge in [-0.3, -0.25) is 0 Å². The Morgan fingerprint density at radius 2 is 1.85 bits per heavy atom. The SMILES string of the molecule is CCc1c(C(=O)O)c(-c2ccc(Cl)c(Cl)c2)nn1-c1ccc(OC)cc1. The molecule has 5 nitrogen and oxygen atoms in total. The predicted molar refractivity (Wildman–Crippen MR) is 102 cm³/mol. The highest BCUT2D eigenvalue weighted by atomic mass is 35.5. The summed E-state index contributed by atoms with van der Waals surface area (Å²) in [4.78, 5) is 11.9. The summed E-state index contributed by atoms with van der Waals surface area (Å²) < 4.78 is 6.81. The van der Waals surface area contributed by atoms with Crippen molar-refractivity contribution in [3.8, 4) is 22.7 Å². The fourth-order valence-corrected chi connectivity index (χ4v) is 3.08. The van der Waals surface area contributed by atoms with Crippen LogP contribution in [-0.4, -0.2) is 28.0 Å². The van der Waals surface area contributed by atoms with E-state index in [0.717, 1.165) is 5.69 Å². The van der Waals surface area contributed by atoms with E-state index in [1.165, 1.54) is 0 Å². The molecule has 0 aliphatic heterocycles. The molecule has 7 heteroatoms. The molecule has 1 heterocycles. The number of aromatic nitrogens is 2. The van der Waals surface area contributed by atoms with E-state index in [4.69, 9.17) is 27.9 Å². The standard InChI is InChI=1S/C19H16Cl2N2O3/c1-3-16-17(19(24)25)18(11-4-9-14(20)15(21)10-11)22-23(16)12-5-7-13(26-2)8-6-12/h4-10H,3H2,1-2H3,(H,24,25). The Balaban J connectivity index is 2.22. The molecule has 2 aromatic carbocycles. The fourth-order valence-electron chi connectivity index (χ4n) is 2.79. The largest absolute Gasteiger partial charge is 0.497 e. The van der Waals surface area contributed by atoms with E-state index in [1.54, 1.807) is 42.1 Å². The maximum atomic E-state index is 11.9. The normalized spacial score (nSPS) is 10.8. The van der Waals surface area contributed by atoms with Crippen molar-refractivity contribution in [2.75, 3.05) is 7.11 Å². The number of carbonyl (C=O) groups is 1. The van der Waals surface area contributed by atoms with E-state index < -0.39 is 5.97 Å². The number of ether oxygens (including phenoxy) is 1. The minimum Gasteiger partial charge on any atom is -0.497 e. The van der Waals surface area contributed by atoms with E-state index in [2.05, 4.69) is 5.10 Å². The summed E-state index contributed by atoms with van der Waals surface area (Å²) in [6.07, 6.45) is 0.502. The third-order valence-corrected chi connectivity index (χ3v) is 4.78. The highest BCUT2D eigenvalue weighted by Crippen LogP contribution is 2.32. The van der Waals surface area contributed by atoms with Crippen molar-refractivity contribution in [3.05, 3.63) is 63.8 Å². The predicted octanol–water partition coefficient (Wildman–Crippen LogP) is 5.12. The van der Waals surface area contributed by atoms with Crippen LogP contribution < -0.4 is 4.74 Å². The maximum absolute atomic E-state index is 11.9. The van der Waals surface area contributed by atoms with Crippen LogP contribution in [0.4, 0.5) is 0 Å². The van der Waals surface area contributed by atoms with Gasteiger partial charge in [-0.05, 0) is 42.8 Å². The summed E-state index contributed by atoms with van der Waals surface area (Å²) >= 11 is 12.1. The number of rotatable bonds is 5. The summed E-state index contributed by atoms with van der Waals surface area (Å²) in [6.45, 7) is 1.89. The molecule has 3 aromatic rings. The van der Waals surface area contributed by atoms with Gasteiger partial charge in [-0.15, -0.1) is 0 Å². The van der Waals surface area contributed by atoms with Crippen molar-refractivity contribution in [2.45, 2.75) is 13.3 Å². The number of aromatic carboxylic acids is 1. The molecular weight excluding hydrogens is 375 g/mol. The average Bonchev–Trinajstić information content (AvgIpc) is 3.04. The van der Waals surface area contributed by atoms with Gasteiger partial charge in [-0.1, -0.05) is 36.2 Å². The lowest BCUT2D eigenvalue weighted by atomic mass is 10.0. The second-order valence-electron chi connectivity index (χ2n) is 5.57. The molecule has 3 rings (SSSR count). The zero-order valence-corrected chi connectivity index (χ0v) is 15.7. The van der Waals surface area contributed by atoms with Gasteiger partial charge in [0.1, 0.15) is 17.0 Å². The van der Waals surface area contributed by atoms with Crippen molar-refractivity contribution in [1.82, 2.24) is 9.78 Å². The van der Waals surface area contributed by atoms with E-state index in [0.29, 0.717) is 39.2 Å². The number of halogens is 2. The zero-order valence-electron chi connectivity index (χ0n) is 14.2. The average molecular weight is 391 g/mol. The molecule has 26 heavy (non-hydrogen) atoms. The summed E-state index contributed by atoms with van der Waals surface area (Å²) in [5.74, 6) is -0.329. The van der Waals surface area contributed by atoms with Crippen LogP contribution in [0.3, 0.4) is 0 Å². The molecule has 0 atom stereocenters. The van der Waals surface area contributed by atoms with Crippen molar-refractivity contribution in [3.63, 3.8) is 0 Å². The minimum atomic E-state index is -1.04. The molecule has 1 N–H and O–H groups in total. The van der Waals surface area contributed by atoms with Crippen molar-refractivity contribution >= 4 is 29.2 Å². The Labute approximate surface area is 160 Å². The van der Waals surface area contributed by atoms with Gasteiger partial charge < -0.3 is 9.84 Å². The van der Waals surface area contributed by atoms with Crippen LogP contribution in [-0.2, 0) is 6.42 Å². The smallest absolute Gasteiger partial charge is 0.339 e. The summed E-state index contributed by atoms with van der Waals surface area (Å²) in [5, 5.41) is 15.1. The number of methoxy groups -OCH3 is 1.